The molecule has 96 valence electrons. The van der Waals surface area contributed by atoms with Crippen molar-refractivity contribution in [1.82, 2.24) is 4.98 Å². The zero-order valence-electron chi connectivity index (χ0n) is 10.6. The zero-order chi connectivity index (χ0) is 13.8. The summed E-state index contributed by atoms with van der Waals surface area (Å²) in [6.07, 6.45) is 1.65. The van der Waals surface area contributed by atoms with Crippen LogP contribution in [0.3, 0.4) is 0 Å². The molecular formula is C14H12ClN3S. The number of aromatic nitrogens is 1. The first kappa shape index (κ1) is 13.6. The summed E-state index contributed by atoms with van der Waals surface area (Å²) >= 11 is 7.50. The highest BCUT2D eigenvalue weighted by Gasteiger charge is 2.05. The number of anilines is 1. The number of aryl methyl sites for hydroxylation is 2. The van der Waals surface area contributed by atoms with Gasteiger partial charge in [-0.05, 0) is 31.5 Å². The van der Waals surface area contributed by atoms with Gasteiger partial charge in [-0.3, -0.25) is 0 Å². The molecule has 0 spiro atoms. The minimum absolute atomic E-state index is 0.509. The molecule has 2 aromatic rings. The first-order chi connectivity index (χ1) is 9.10. The van der Waals surface area contributed by atoms with Crippen LogP contribution in [0.2, 0.25) is 5.02 Å². The fraction of sp³-hybridized carbons (Fsp3) is 0.143. The van der Waals surface area contributed by atoms with E-state index in [0.29, 0.717) is 15.6 Å². The summed E-state index contributed by atoms with van der Waals surface area (Å²) in [6, 6.07) is 7.82. The van der Waals surface area contributed by atoms with Crippen molar-refractivity contribution in [2.45, 2.75) is 13.8 Å². The number of hydrogen-bond donors (Lipinski definition) is 1. The second kappa shape index (κ2) is 5.87. The summed E-state index contributed by atoms with van der Waals surface area (Å²) in [5.41, 5.74) is 3.29. The van der Waals surface area contributed by atoms with Crippen molar-refractivity contribution in [1.29, 1.82) is 5.26 Å². The van der Waals surface area contributed by atoms with Gasteiger partial charge in [0.25, 0.3) is 0 Å². The number of halogens is 1. The lowest BCUT2D eigenvalue weighted by molar-refractivity contribution is 1.24. The number of thiazole rings is 1. The van der Waals surface area contributed by atoms with Crippen molar-refractivity contribution < 1.29 is 0 Å². The van der Waals surface area contributed by atoms with Crippen molar-refractivity contribution in [3.8, 4) is 6.07 Å². The number of nitriles is 1. The van der Waals surface area contributed by atoms with Crippen LogP contribution in [0.4, 0.5) is 5.69 Å². The Morgan fingerprint density at radius 3 is 2.84 bits per heavy atom. The minimum Gasteiger partial charge on any atom is -0.360 e. The molecule has 0 aliphatic carbocycles. The highest BCUT2D eigenvalue weighted by molar-refractivity contribution is 7.10. The molecule has 0 atom stereocenters. The van der Waals surface area contributed by atoms with Gasteiger partial charge < -0.3 is 5.32 Å². The Morgan fingerprint density at radius 2 is 2.26 bits per heavy atom. The number of hydrogen-bond acceptors (Lipinski definition) is 4. The van der Waals surface area contributed by atoms with Gasteiger partial charge in [0.05, 0.1) is 0 Å². The molecule has 0 radical (unpaired) electrons. The van der Waals surface area contributed by atoms with Crippen molar-refractivity contribution >= 4 is 34.2 Å². The summed E-state index contributed by atoms with van der Waals surface area (Å²) in [6.45, 7) is 3.85. The molecule has 1 aromatic heterocycles. The molecule has 1 aromatic carbocycles. The lowest BCUT2D eigenvalue weighted by Crippen LogP contribution is -1.91. The number of rotatable bonds is 3. The standard InChI is InChI=1S/C14H12ClN3S/c1-9-3-4-12(5-13(9)15)17-7-11(6-16)14-18-10(2)8-19-14/h3-5,7-8,17H,1-2H3/b11-7+. The monoisotopic (exact) mass is 289 g/mol. The van der Waals surface area contributed by atoms with Gasteiger partial charge in [0.1, 0.15) is 16.6 Å². The highest BCUT2D eigenvalue weighted by atomic mass is 35.5. The molecular weight excluding hydrogens is 278 g/mol. The Morgan fingerprint density at radius 1 is 1.47 bits per heavy atom. The molecule has 3 nitrogen and oxygen atoms in total. The van der Waals surface area contributed by atoms with Crippen LogP contribution in [-0.4, -0.2) is 4.98 Å². The average Bonchev–Trinajstić information content (AvgIpc) is 2.81. The topological polar surface area (TPSA) is 48.7 Å². The van der Waals surface area contributed by atoms with Gasteiger partial charge in [0.15, 0.2) is 0 Å². The fourth-order valence-electron chi connectivity index (χ4n) is 1.46. The first-order valence-electron chi connectivity index (χ1n) is 5.65. The molecule has 0 fully saturated rings. The summed E-state index contributed by atoms with van der Waals surface area (Å²) in [4.78, 5) is 4.29. The SMILES string of the molecule is Cc1csc(/C(C#N)=C/Nc2ccc(C)c(Cl)c2)n1. The van der Waals surface area contributed by atoms with Crippen LogP contribution in [0.15, 0.2) is 29.8 Å². The number of nitrogens with one attached hydrogen (secondary N) is 1. The van der Waals surface area contributed by atoms with Gasteiger partial charge in [0.2, 0.25) is 0 Å². The number of allylic oxidation sites excluding steroid dienone is 1. The molecule has 19 heavy (non-hydrogen) atoms. The van der Waals surface area contributed by atoms with Crippen molar-refractivity contribution in [2.24, 2.45) is 0 Å². The van der Waals surface area contributed by atoms with E-state index in [1.54, 1.807) is 6.20 Å². The molecule has 0 unspecified atom stereocenters. The minimum atomic E-state index is 0.509. The van der Waals surface area contributed by atoms with Gasteiger partial charge in [-0.15, -0.1) is 11.3 Å². The Bertz CT molecular complexity index is 668. The van der Waals surface area contributed by atoms with E-state index in [2.05, 4.69) is 16.4 Å². The third-order valence-corrected chi connectivity index (χ3v) is 3.93. The largest absolute Gasteiger partial charge is 0.360 e. The lowest BCUT2D eigenvalue weighted by atomic mass is 10.2. The van der Waals surface area contributed by atoms with Crippen molar-refractivity contribution in [3.05, 3.63) is 51.1 Å². The molecule has 0 saturated heterocycles. The van der Waals surface area contributed by atoms with Crippen LogP contribution in [0.5, 0.6) is 0 Å². The Kier molecular flexibility index (Phi) is 4.20. The second-order valence-corrected chi connectivity index (χ2v) is 5.34. The van der Waals surface area contributed by atoms with Crippen molar-refractivity contribution in [3.63, 3.8) is 0 Å². The molecule has 0 saturated carbocycles. The maximum absolute atomic E-state index is 9.15. The smallest absolute Gasteiger partial charge is 0.135 e. The molecule has 0 bridgehead atoms. The summed E-state index contributed by atoms with van der Waals surface area (Å²) < 4.78 is 0. The van der Waals surface area contributed by atoms with Crippen LogP contribution < -0.4 is 5.32 Å². The Hall–Kier alpha value is -1.83. The maximum atomic E-state index is 9.15. The van der Waals surface area contributed by atoms with Crippen LogP contribution in [0, 0.1) is 25.2 Å². The predicted octanol–water partition coefficient (Wildman–Crippen LogP) is 4.39. The fourth-order valence-corrected chi connectivity index (χ4v) is 2.40. The molecule has 0 aliphatic rings. The van der Waals surface area contributed by atoms with E-state index >= 15 is 0 Å². The van der Waals surface area contributed by atoms with Gasteiger partial charge in [-0.2, -0.15) is 5.26 Å². The molecule has 2 rings (SSSR count). The normalized spacial score (nSPS) is 11.2. The van der Waals surface area contributed by atoms with E-state index in [0.717, 1.165) is 16.9 Å². The van der Waals surface area contributed by atoms with E-state index in [9.17, 15) is 0 Å². The quantitative estimate of drug-likeness (QED) is 0.853. The highest BCUT2D eigenvalue weighted by Crippen LogP contribution is 2.22. The van der Waals surface area contributed by atoms with E-state index in [-0.39, 0.29) is 0 Å². The molecule has 1 heterocycles. The molecule has 0 aliphatic heterocycles. The maximum Gasteiger partial charge on any atom is 0.135 e. The Labute approximate surface area is 121 Å². The van der Waals surface area contributed by atoms with E-state index in [4.69, 9.17) is 16.9 Å². The molecule has 5 heteroatoms. The summed E-state index contributed by atoms with van der Waals surface area (Å²) in [5, 5.41) is 15.5. The Balaban J connectivity index is 2.20. The van der Waals surface area contributed by atoms with Crippen LogP contribution in [0.1, 0.15) is 16.3 Å². The van der Waals surface area contributed by atoms with Gasteiger partial charge in [-0.1, -0.05) is 17.7 Å². The second-order valence-electron chi connectivity index (χ2n) is 4.07. The van der Waals surface area contributed by atoms with E-state index in [1.165, 1.54) is 11.3 Å². The van der Waals surface area contributed by atoms with E-state index in [1.807, 2.05) is 37.4 Å². The van der Waals surface area contributed by atoms with Crippen LogP contribution in [0.25, 0.3) is 5.57 Å². The number of nitrogens with zero attached hydrogens (tertiary/aromatic N) is 2. The average molecular weight is 290 g/mol. The molecule has 1 N–H and O–H groups in total. The lowest BCUT2D eigenvalue weighted by Gasteiger charge is -2.04. The van der Waals surface area contributed by atoms with Gasteiger partial charge in [-0.25, -0.2) is 4.98 Å². The molecule has 0 amide bonds. The predicted molar refractivity (Wildman–Crippen MR) is 80.3 cm³/mol. The van der Waals surface area contributed by atoms with Gasteiger partial charge in [0, 0.05) is 28.0 Å². The summed E-state index contributed by atoms with van der Waals surface area (Å²) in [5.74, 6) is 0. The zero-order valence-corrected chi connectivity index (χ0v) is 12.1. The van der Waals surface area contributed by atoms with E-state index < -0.39 is 0 Å². The third-order valence-electron chi connectivity index (χ3n) is 2.52. The van der Waals surface area contributed by atoms with Crippen LogP contribution in [-0.2, 0) is 0 Å². The third kappa shape index (κ3) is 3.34. The summed E-state index contributed by atoms with van der Waals surface area (Å²) in [7, 11) is 0. The van der Waals surface area contributed by atoms with Crippen LogP contribution >= 0.6 is 22.9 Å². The van der Waals surface area contributed by atoms with Crippen molar-refractivity contribution in [2.75, 3.05) is 5.32 Å². The first-order valence-corrected chi connectivity index (χ1v) is 6.91. The van der Waals surface area contributed by atoms with Gasteiger partial charge >= 0.3 is 0 Å². The number of benzene rings is 1.